The molecule has 0 saturated heterocycles. The molecule has 0 spiro atoms. The minimum atomic E-state index is 1.16. The van der Waals surface area contributed by atoms with E-state index in [-0.39, 0.29) is 0 Å². The van der Waals surface area contributed by atoms with Gasteiger partial charge in [0.05, 0.1) is 0 Å². The van der Waals surface area contributed by atoms with Gasteiger partial charge in [0.2, 0.25) is 0 Å². The summed E-state index contributed by atoms with van der Waals surface area (Å²) in [6, 6.07) is 52.7. The minimum absolute atomic E-state index is 1.16. The van der Waals surface area contributed by atoms with E-state index in [9.17, 15) is 0 Å². The van der Waals surface area contributed by atoms with E-state index in [0.29, 0.717) is 0 Å². The summed E-state index contributed by atoms with van der Waals surface area (Å²) in [7, 11) is 2.20. The van der Waals surface area contributed by atoms with Crippen molar-refractivity contribution in [2.24, 2.45) is 0 Å². The lowest BCUT2D eigenvalue weighted by Crippen LogP contribution is -2.12. The Hall–Kier alpha value is -5.73. The fourth-order valence-corrected chi connectivity index (χ4v) is 6.57. The van der Waals surface area contributed by atoms with E-state index in [1.807, 2.05) is 12.4 Å². The summed E-state index contributed by atoms with van der Waals surface area (Å²) >= 11 is 0. The Bertz CT molecular complexity index is 2180. The van der Waals surface area contributed by atoms with E-state index in [2.05, 4.69) is 183 Å². The minimum Gasteiger partial charge on any atom is -0.344 e. The van der Waals surface area contributed by atoms with Crippen molar-refractivity contribution in [2.75, 3.05) is 11.9 Å². The molecule has 0 radical (unpaired) electrons. The molecule has 7 rings (SSSR count). The van der Waals surface area contributed by atoms with Gasteiger partial charge >= 0.3 is 0 Å². The molecule has 1 heterocycles. The third-order valence-electron chi connectivity index (χ3n) is 9.26. The number of hydrogen-bond donors (Lipinski definition) is 0. The van der Waals surface area contributed by atoms with Gasteiger partial charge in [-0.1, -0.05) is 115 Å². The molecule has 0 atom stereocenters. The first-order valence-corrected chi connectivity index (χ1v) is 16.2. The average molecular weight is 607 g/mol. The fraction of sp³-hybridized carbons (Fsp3) is 0.0889. The highest BCUT2D eigenvalue weighted by atomic mass is 15.1. The van der Waals surface area contributed by atoms with Crippen LogP contribution in [-0.4, -0.2) is 12.0 Å². The fourth-order valence-electron chi connectivity index (χ4n) is 6.57. The number of hydrogen-bond acceptors (Lipinski definition) is 2. The van der Waals surface area contributed by atoms with Gasteiger partial charge in [-0.2, -0.15) is 0 Å². The number of anilines is 2. The van der Waals surface area contributed by atoms with E-state index in [1.165, 1.54) is 72.3 Å². The Kier molecular flexibility index (Phi) is 8.25. The highest BCUT2D eigenvalue weighted by Crippen LogP contribution is 2.43. The molecule has 0 unspecified atom stereocenters. The van der Waals surface area contributed by atoms with E-state index >= 15 is 0 Å². The lowest BCUT2D eigenvalue weighted by atomic mass is 9.92. The van der Waals surface area contributed by atoms with Crippen LogP contribution >= 0.6 is 0 Å². The maximum Gasteiger partial charge on any atom is 0.0488 e. The van der Waals surface area contributed by atoms with Crippen LogP contribution < -0.4 is 4.90 Å². The molecule has 6 aromatic carbocycles. The first-order chi connectivity index (χ1) is 23.0. The van der Waals surface area contributed by atoms with Crippen LogP contribution in [0.5, 0.6) is 0 Å². The molecule has 0 amide bonds. The molecule has 47 heavy (non-hydrogen) atoms. The Balaban J connectivity index is 1.36. The maximum absolute atomic E-state index is 4.35. The Labute approximate surface area is 278 Å². The summed E-state index contributed by atoms with van der Waals surface area (Å²) in [5, 5.41) is 0. The molecule has 7 aromatic rings. The second-order valence-electron chi connectivity index (χ2n) is 12.3. The zero-order valence-corrected chi connectivity index (χ0v) is 27.4. The highest BCUT2D eigenvalue weighted by molar-refractivity contribution is 5.92. The first kappa shape index (κ1) is 30.0. The molecular formula is C45H38N2. The van der Waals surface area contributed by atoms with E-state index < -0.39 is 0 Å². The summed E-state index contributed by atoms with van der Waals surface area (Å²) in [6.07, 6.45) is 3.79. The van der Waals surface area contributed by atoms with Gasteiger partial charge < -0.3 is 4.90 Å². The maximum atomic E-state index is 4.35. The quantitative estimate of drug-likeness (QED) is 0.179. The number of pyridine rings is 1. The van der Waals surface area contributed by atoms with Gasteiger partial charge in [0, 0.05) is 47.5 Å². The van der Waals surface area contributed by atoms with Crippen molar-refractivity contribution >= 4 is 11.4 Å². The lowest BCUT2D eigenvalue weighted by molar-refractivity contribution is 1.21. The van der Waals surface area contributed by atoms with Gasteiger partial charge in [-0.25, -0.2) is 0 Å². The van der Waals surface area contributed by atoms with Crippen LogP contribution in [0.2, 0.25) is 0 Å². The molecule has 0 aliphatic carbocycles. The van der Waals surface area contributed by atoms with Crippen molar-refractivity contribution < 1.29 is 0 Å². The molecule has 0 aliphatic rings. The Morgan fingerprint density at radius 3 is 1.36 bits per heavy atom. The van der Waals surface area contributed by atoms with Crippen LogP contribution in [0.1, 0.15) is 16.7 Å². The molecule has 0 saturated carbocycles. The zero-order valence-electron chi connectivity index (χ0n) is 27.4. The van der Waals surface area contributed by atoms with Crippen molar-refractivity contribution in [1.29, 1.82) is 0 Å². The largest absolute Gasteiger partial charge is 0.344 e. The molecular weight excluding hydrogens is 569 g/mol. The molecule has 0 N–H and O–H groups in total. The normalized spacial score (nSPS) is 11.0. The van der Waals surface area contributed by atoms with Gasteiger partial charge in [-0.05, 0) is 107 Å². The number of nitrogens with zero attached hydrogens (tertiary/aromatic N) is 2. The zero-order chi connectivity index (χ0) is 32.3. The Morgan fingerprint density at radius 2 is 0.830 bits per heavy atom. The number of benzene rings is 6. The van der Waals surface area contributed by atoms with Crippen molar-refractivity contribution in [2.45, 2.75) is 20.8 Å². The third-order valence-corrected chi connectivity index (χ3v) is 9.26. The average Bonchev–Trinajstić information content (AvgIpc) is 3.12. The van der Waals surface area contributed by atoms with Crippen molar-refractivity contribution in [1.82, 2.24) is 4.98 Å². The van der Waals surface area contributed by atoms with E-state index in [4.69, 9.17) is 0 Å². The number of rotatable bonds is 7. The second kappa shape index (κ2) is 12.9. The van der Waals surface area contributed by atoms with Gasteiger partial charge in [-0.15, -0.1) is 0 Å². The number of aromatic nitrogens is 1. The summed E-state index contributed by atoms with van der Waals surface area (Å²) in [4.78, 5) is 6.71. The summed E-state index contributed by atoms with van der Waals surface area (Å²) in [5.74, 6) is 0. The second-order valence-corrected chi connectivity index (χ2v) is 12.3. The van der Waals surface area contributed by atoms with E-state index in [0.717, 1.165) is 11.4 Å². The molecule has 228 valence electrons. The van der Waals surface area contributed by atoms with Gasteiger partial charge in [0.15, 0.2) is 0 Å². The lowest BCUT2D eigenvalue weighted by Gasteiger charge is -2.27. The van der Waals surface area contributed by atoms with Crippen molar-refractivity contribution in [3.8, 4) is 55.6 Å². The molecule has 0 aliphatic heterocycles. The first-order valence-electron chi connectivity index (χ1n) is 16.2. The monoisotopic (exact) mass is 606 g/mol. The van der Waals surface area contributed by atoms with Crippen molar-refractivity contribution in [3.63, 3.8) is 0 Å². The number of aryl methyl sites for hydroxylation is 3. The molecule has 2 heteroatoms. The standard InChI is InChI=1S/C45H38N2/c1-31-12-8-10-16-39(31)41-28-37(34-14-6-5-7-15-34)22-24-44(41)47(4)45-25-23-38(29-42(45)40-17-11-9-13-32(40)2)35-18-20-36(21-19-35)43-30-46-27-26-33(43)3/h5-30H,1-4H3. The SMILES string of the molecule is Cc1ccncc1-c1ccc(-c2ccc(N(C)c3ccc(-c4ccccc4)cc3-c3ccccc3C)c(-c3ccccc3C)c2)cc1. The smallest absolute Gasteiger partial charge is 0.0488 e. The van der Waals surface area contributed by atoms with Crippen LogP contribution in [0, 0.1) is 20.8 Å². The van der Waals surface area contributed by atoms with Crippen LogP contribution in [0.15, 0.2) is 158 Å². The third kappa shape index (κ3) is 5.98. The molecule has 2 nitrogen and oxygen atoms in total. The molecule has 0 bridgehead atoms. The van der Waals surface area contributed by atoms with E-state index in [1.54, 1.807) is 0 Å². The van der Waals surface area contributed by atoms with Crippen LogP contribution in [-0.2, 0) is 0 Å². The highest BCUT2D eigenvalue weighted by Gasteiger charge is 2.19. The molecule has 1 aromatic heterocycles. The van der Waals surface area contributed by atoms with Crippen LogP contribution in [0.3, 0.4) is 0 Å². The predicted octanol–water partition coefficient (Wildman–Crippen LogP) is 12.1. The Morgan fingerprint density at radius 1 is 0.383 bits per heavy atom. The molecule has 0 fully saturated rings. The summed E-state index contributed by atoms with van der Waals surface area (Å²) in [6.45, 7) is 6.53. The summed E-state index contributed by atoms with van der Waals surface area (Å²) in [5.41, 5.74) is 18.1. The topological polar surface area (TPSA) is 16.1 Å². The van der Waals surface area contributed by atoms with Crippen LogP contribution in [0.25, 0.3) is 55.6 Å². The summed E-state index contributed by atoms with van der Waals surface area (Å²) < 4.78 is 0. The van der Waals surface area contributed by atoms with Gasteiger partial charge in [-0.3, -0.25) is 4.98 Å². The van der Waals surface area contributed by atoms with Crippen LogP contribution in [0.4, 0.5) is 11.4 Å². The van der Waals surface area contributed by atoms with Gasteiger partial charge in [0.1, 0.15) is 0 Å². The van der Waals surface area contributed by atoms with Gasteiger partial charge in [0.25, 0.3) is 0 Å². The predicted molar refractivity (Wildman–Crippen MR) is 200 cm³/mol. The van der Waals surface area contributed by atoms with Crippen molar-refractivity contribution in [3.05, 3.63) is 175 Å².